The molecule has 0 saturated carbocycles. The summed E-state index contributed by atoms with van der Waals surface area (Å²) in [6, 6.07) is -1.29. The molecule has 1 aliphatic rings. The lowest BCUT2D eigenvalue weighted by molar-refractivity contribution is -0.150. The number of amides is 2. The lowest BCUT2D eigenvalue weighted by Gasteiger charge is -2.22. The number of aliphatic hydroxyl groups excluding tert-OH is 1. The van der Waals surface area contributed by atoms with Crippen LogP contribution in [0.5, 0.6) is 0 Å². The zero-order chi connectivity index (χ0) is 11.6. The third-order valence-electron chi connectivity index (χ3n) is 2.40. The van der Waals surface area contributed by atoms with Gasteiger partial charge in [0.1, 0.15) is 0 Å². The minimum Gasteiger partial charge on any atom is -0.480 e. The van der Waals surface area contributed by atoms with E-state index >= 15 is 0 Å². The fourth-order valence-corrected chi connectivity index (χ4v) is 1.53. The van der Waals surface area contributed by atoms with Gasteiger partial charge >= 0.3 is 5.97 Å². The van der Waals surface area contributed by atoms with E-state index in [0.29, 0.717) is 0 Å². The number of likely N-dealkylation sites (tertiary alicyclic amines) is 1. The summed E-state index contributed by atoms with van der Waals surface area (Å²) >= 11 is 0. The smallest absolute Gasteiger partial charge is 0.328 e. The molecule has 0 aromatic rings. The average molecular weight is 216 g/mol. The van der Waals surface area contributed by atoms with Crippen LogP contribution in [-0.2, 0) is 14.4 Å². The second-order valence-corrected chi connectivity index (χ2v) is 3.39. The summed E-state index contributed by atoms with van der Waals surface area (Å²) in [7, 11) is 0. The van der Waals surface area contributed by atoms with E-state index in [1.54, 1.807) is 0 Å². The van der Waals surface area contributed by atoms with Crippen LogP contribution in [-0.4, -0.2) is 52.1 Å². The second-order valence-electron chi connectivity index (χ2n) is 3.39. The molecule has 7 nitrogen and oxygen atoms in total. The van der Waals surface area contributed by atoms with Gasteiger partial charge < -0.3 is 20.8 Å². The Labute approximate surface area is 85.5 Å². The molecule has 0 aliphatic carbocycles. The number of nitrogens with two attached hydrogens (primary N) is 1. The van der Waals surface area contributed by atoms with Gasteiger partial charge in [-0.2, -0.15) is 0 Å². The number of nitrogens with zero attached hydrogens (tertiary/aromatic N) is 1. The lowest BCUT2D eigenvalue weighted by atomic mass is 10.1. The molecule has 0 radical (unpaired) electrons. The highest BCUT2D eigenvalue weighted by atomic mass is 16.4. The van der Waals surface area contributed by atoms with Gasteiger partial charge in [-0.1, -0.05) is 0 Å². The molecule has 84 valence electrons. The first-order valence-electron chi connectivity index (χ1n) is 4.39. The Morgan fingerprint density at radius 1 is 1.60 bits per heavy atom. The molecule has 1 fully saturated rings. The molecule has 4 N–H and O–H groups in total. The average Bonchev–Trinajstić information content (AvgIpc) is 2.49. The van der Waals surface area contributed by atoms with Crippen molar-refractivity contribution in [2.75, 3.05) is 13.2 Å². The van der Waals surface area contributed by atoms with Crippen LogP contribution in [0.1, 0.15) is 6.42 Å². The molecule has 2 atom stereocenters. The second kappa shape index (κ2) is 4.26. The highest BCUT2D eigenvalue weighted by molar-refractivity contribution is 5.91. The highest BCUT2D eigenvalue weighted by Crippen LogP contribution is 2.19. The molecule has 1 saturated heterocycles. The SMILES string of the molecule is NC(=O)C1CC(=O)N(C(CO)C(=O)O)C1. The summed E-state index contributed by atoms with van der Waals surface area (Å²) in [5.74, 6) is -3.06. The molecule has 1 aliphatic heterocycles. The van der Waals surface area contributed by atoms with Gasteiger partial charge in [0.15, 0.2) is 6.04 Å². The number of carboxylic acid groups (broad SMARTS) is 1. The number of aliphatic hydroxyl groups is 1. The number of aliphatic carboxylic acids is 1. The number of carbonyl (C=O) groups excluding carboxylic acids is 2. The number of carboxylic acids is 1. The van der Waals surface area contributed by atoms with Gasteiger partial charge in [0.2, 0.25) is 11.8 Å². The molecule has 1 heterocycles. The summed E-state index contributed by atoms with van der Waals surface area (Å²) in [5, 5.41) is 17.5. The first-order valence-corrected chi connectivity index (χ1v) is 4.39. The van der Waals surface area contributed by atoms with Crippen molar-refractivity contribution >= 4 is 17.8 Å². The zero-order valence-electron chi connectivity index (χ0n) is 7.92. The topological polar surface area (TPSA) is 121 Å². The molecule has 0 aromatic carbocycles. The fraction of sp³-hybridized carbons (Fsp3) is 0.625. The van der Waals surface area contributed by atoms with E-state index in [2.05, 4.69) is 0 Å². The maximum atomic E-state index is 11.3. The van der Waals surface area contributed by atoms with Crippen LogP contribution >= 0.6 is 0 Å². The first-order chi connectivity index (χ1) is 6.97. The van der Waals surface area contributed by atoms with Crippen molar-refractivity contribution in [3.05, 3.63) is 0 Å². The van der Waals surface area contributed by atoms with Gasteiger partial charge in [-0.3, -0.25) is 9.59 Å². The van der Waals surface area contributed by atoms with Crippen LogP contribution in [0, 0.1) is 5.92 Å². The monoisotopic (exact) mass is 216 g/mol. The minimum atomic E-state index is -1.30. The summed E-state index contributed by atoms with van der Waals surface area (Å²) in [5.41, 5.74) is 5.01. The largest absolute Gasteiger partial charge is 0.480 e. The van der Waals surface area contributed by atoms with Crippen molar-refractivity contribution in [3.63, 3.8) is 0 Å². The number of primary amides is 1. The Balaban J connectivity index is 2.75. The Bertz CT molecular complexity index is 303. The molecular formula is C8H12N2O5. The van der Waals surface area contributed by atoms with Crippen molar-refractivity contribution < 1.29 is 24.6 Å². The number of carbonyl (C=O) groups is 3. The molecule has 2 amide bonds. The highest BCUT2D eigenvalue weighted by Gasteiger charge is 2.39. The van der Waals surface area contributed by atoms with E-state index in [1.807, 2.05) is 0 Å². The maximum Gasteiger partial charge on any atom is 0.328 e. The first kappa shape index (κ1) is 11.4. The summed E-state index contributed by atoms with van der Waals surface area (Å²) in [4.78, 5) is 33.8. The van der Waals surface area contributed by atoms with Gasteiger partial charge in [-0.15, -0.1) is 0 Å². The normalized spacial score (nSPS) is 22.9. The van der Waals surface area contributed by atoms with Crippen molar-refractivity contribution in [1.29, 1.82) is 0 Å². The molecular weight excluding hydrogens is 204 g/mol. The Morgan fingerprint density at radius 2 is 2.20 bits per heavy atom. The predicted molar refractivity (Wildman–Crippen MR) is 47.5 cm³/mol. The fourth-order valence-electron chi connectivity index (χ4n) is 1.53. The number of rotatable bonds is 4. The van der Waals surface area contributed by atoms with Crippen molar-refractivity contribution in [1.82, 2.24) is 4.90 Å². The molecule has 7 heteroatoms. The van der Waals surface area contributed by atoms with Crippen LogP contribution < -0.4 is 5.73 Å². The Morgan fingerprint density at radius 3 is 2.53 bits per heavy atom. The number of hydrogen-bond acceptors (Lipinski definition) is 4. The molecule has 15 heavy (non-hydrogen) atoms. The molecule has 1 rings (SSSR count). The van der Waals surface area contributed by atoms with E-state index in [0.717, 1.165) is 4.90 Å². The van der Waals surface area contributed by atoms with E-state index in [9.17, 15) is 14.4 Å². The van der Waals surface area contributed by atoms with Gasteiger partial charge in [0, 0.05) is 13.0 Å². The van der Waals surface area contributed by atoms with Crippen LogP contribution in [0.15, 0.2) is 0 Å². The Hall–Kier alpha value is -1.63. The van der Waals surface area contributed by atoms with Crippen molar-refractivity contribution in [2.45, 2.75) is 12.5 Å². The van der Waals surface area contributed by atoms with Gasteiger partial charge in [-0.25, -0.2) is 4.79 Å². The third-order valence-corrected chi connectivity index (χ3v) is 2.40. The quantitative estimate of drug-likeness (QED) is 0.491. The van der Waals surface area contributed by atoms with Gasteiger partial charge in [0.25, 0.3) is 0 Å². The van der Waals surface area contributed by atoms with Crippen molar-refractivity contribution in [3.8, 4) is 0 Å². The molecule has 2 unspecified atom stereocenters. The van der Waals surface area contributed by atoms with E-state index < -0.39 is 36.4 Å². The van der Waals surface area contributed by atoms with Gasteiger partial charge in [0.05, 0.1) is 12.5 Å². The van der Waals surface area contributed by atoms with Crippen molar-refractivity contribution in [2.24, 2.45) is 11.7 Å². The van der Waals surface area contributed by atoms with E-state index in [1.165, 1.54) is 0 Å². The van der Waals surface area contributed by atoms with E-state index in [-0.39, 0.29) is 13.0 Å². The Kier molecular flexibility index (Phi) is 3.25. The molecule has 0 spiro atoms. The van der Waals surface area contributed by atoms with Gasteiger partial charge in [-0.05, 0) is 0 Å². The lowest BCUT2D eigenvalue weighted by Crippen LogP contribution is -2.45. The van der Waals surface area contributed by atoms with Crippen LogP contribution in [0.25, 0.3) is 0 Å². The predicted octanol–water partition coefficient (Wildman–Crippen LogP) is -2.23. The third kappa shape index (κ3) is 2.24. The number of hydrogen-bond donors (Lipinski definition) is 3. The van der Waals surface area contributed by atoms with Crippen LogP contribution in [0.2, 0.25) is 0 Å². The summed E-state index contributed by atoms with van der Waals surface area (Å²) in [6.45, 7) is -0.710. The van der Waals surface area contributed by atoms with Crippen LogP contribution in [0.4, 0.5) is 0 Å². The maximum absolute atomic E-state index is 11.3. The van der Waals surface area contributed by atoms with Crippen LogP contribution in [0.3, 0.4) is 0 Å². The van der Waals surface area contributed by atoms with E-state index in [4.69, 9.17) is 15.9 Å². The summed E-state index contributed by atoms with van der Waals surface area (Å²) < 4.78 is 0. The molecule has 0 aromatic heterocycles. The zero-order valence-corrected chi connectivity index (χ0v) is 7.92. The standard InChI is InChI=1S/C8H12N2O5/c9-7(13)4-1-6(12)10(2-4)5(3-11)8(14)15/h4-5,11H,1-3H2,(H2,9,13)(H,14,15). The summed E-state index contributed by atoms with van der Waals surface area (Å²) in [6.07, 6.45) is -0.0842. The molecule has 0 bridgehead atoms. The minimum absolute atomic E-state index is 0.0360.